The monoisotopic (exact) mass is 927 g/mol. The van der Waals surface area contributed by atoms with Crippen LogP contribution in [0.5, 0.6) is 0 Å². The van der Waals surface area contributed by atoms with Crippen molar-refractivity contribution < 1.29 is 31.5 Å². The van der Waals surface area contributed by atoms with Gasteiger partial charge in [-0.25, -0.2) is 22.3 Å². The third kappa shape index (κ3) is 10.0. The van der Waals surface area contributed by atoms with E-state index in [2.05, 4.69) is 76.5 Å². The maximum Gasteiger partial charge on any atom is 0.269 e. The SMILES string of the molecule is O=C1CC(c2ccc(C#Cc3ccc4ccc5cccc6ccc3c4c56)cc2)NCCCN(S(=O)(=O)c2ccc([N+](=O)[O-])cc2)CCCCN(S(=O)(=O)c2ccc([N+](=O)[O-])cc2)CCNN1. The van der Waals surface area contributed by atoms with E-state index in [0.717, 1.165) is 63.9 Å². The molecule has 66 heavy (non-hydrogen) atoms. The fourth-order valence-corrected chi connectivity index (χ4v) is 11.3. The summed E-state index contributed by atoms with van der Waals surface area (Å²) < 4.78 is 58.1. The van der Waals surface area contributed by atoms with E-state index in [1.54, 1.807) is 0 Å². The van der Waals surface area contributed by atoms with Crippen LogP contribution < -0.4 is 16.2 Å². The van der Waals surface area contributed by atoms with Gasteiger partial charge in [-0.15, -0.1) is 0 Å². The Balaban J connectivity index is 1.03. The predicted octanol–water partition coefficient (Wildman–Crippen LogP) is 7.01. The Morgan fingerprint density at radius 2 is 1.11 bits per heavy atom. The molecule has 16 nitrogen and oxygen atoms in total. The first-order valence-corrected chi connectivity index (χ1v) is 24.2. The Morgan fingerprint density at radius 3 is 1.70 bits per heavy atom. The third-order valence-electron chi connectivity index (χ3n) is 11.7. The van der Waals surface area contributed by atoms with E-state index in [4.69, 9.17) is 0 Å². The van der Waals surface area contributed by atoms with Gasteiger partial charge in [-0.05, 0) is 106 Å². The van der Waals surface area contributed by atoms with Crippen molar-refractivity contribution in [3.63, 3.8) is 0 Å². The predicted molar refractivity (Wildman–Crippen MR) is 252 cm³/mol. The molecule has 0 aliphatic carbocycles. The molecule has 8 rings (SSSR count). The number of nitro benzene ring substituents is 2. The molecule has 1 heterocycles. The number of non-ortho nitro benzene ring substituents is 2. The Labute approximate surface area is 381 Å². The molecule has 0 saturated carbocycles. The van der Waals surface area contributed by atoms with Crippen LogP contribution in [-0.2, 0) is 24.8 Å². The van der Waals surface area contributed by atoms with E-state index < -0.39 is 35.9 Å². The molecule has 7 aromatic carbocycles. The van der Waals surface area contributed by atoms with Gasteiger partial charge in [-0.2, -0.15) is 8.61 Å². The molecule has 338 valence electrons. The zero-order valence-electron chi connectivity index (χ0n) is 35.6. The zero-order valence-corrected chi connectivity index (χ0v) is 37.2. The van der Waals surface area contributed by atoms with Crippen LogP contribution in [0.4, 0.5) is 11.4 Å². The van der Waals surface area contributed by atoms with Crippen molar-refractivity contribution in [1.29, 1.82) is 0 Å². The van der Waals surface area contributed by atoms with Crippen molar-refractivity contribution in [2.45, 2.75) is 41.5 Å². The van der Waals surface area contributed by atoms with Crippen LogP contribution in [0.1, 0.15) is 48.4 Å². The minimum absolute atomic E-state index is 0.0101. The molecule has 1 saturated heterocycles. The highest BCUT2D eigenvalue weighted by molar-refractivity contribution is 7.89. The van der Waals surface area contributed by atoms with Gasteiger partial charge in [0.2, 0.25) is 26.0 Å². The van der Waals surface area contributed by atoms with E-state index in [1.807, 2.05) is 30.3 Å². The van der Waals surface area contributed by atoms with Gasteiger partial charge in [0.15, 0.2) is 0 Å². The first-order valence-electron chi connectivity index (χ1n) is 21.3. The maximum atomic E-state index is 14.0. The summed E-state index contributed by atoms with van der Waals surface area (Å²) in [7, 11) is -8.32. The highest BCUT2D eigenvalue weighted by Crippen LogP contribution is 2.36. The minimum atomic E-state index is -4.18. The van der Waals surface area contributed by atoms with Gasteiger partial charge >= 0.3 is 0 Å². The summed E-state index contributed by atoms with van der Waals surface area (Å²) >= 11 is 0. The normalized spacial score (nSPS) is 16.9. The molecule has 3 N–H and O–H groups in total. The number of rotatable bonds is 7. The molecule has 1 unspecified atom stereocenters. The summed E-state index contributed by atoms with van der Waals surface area (Å²) in [6, 6.07) is 35.1. The van der Waals surface area contributed by atoms with Crippen LogP contribution in [0.25, 0.3) is 32.3 Å². The average molecular weight is 928 g/mol. The molecule has 18 heteroatoms. The lowest BCUT2D eigenvalue weighted by Gasteiger charge is -2.25. The molecular weight excluding hydrogens is 883 g/mol. The molecule has 1 aliphatic heterocycles. The smallest absolute Gasteiger partial charge is 0.269 e. The first-order chi connectivity index (χ1) is 31.8. The molecule has 1 aliphatic rings. The standard InChI is InChI=1S/C48H45N7O9S2/c56-46-33-45(36-11-8-34(9-12-36)7-10-35-13-14-39-16-15-37-5-3-6-38-17-26-44(35)48(39)47(37)38)49-27-4-31-52(65(61,62)42-22-18-40(19-23-42)54(57)58)29-1-2-30-53(32-28-50-51-46)66(63,64)43-24-20-41(21-25-43)55(59)60/h3,5-6,8-9,11-26,45,49-50H,1-2,4,27-33H2,(H,51,56). The molecule has 0 bridgehead atoms. The van der Waals surface area contributed by atoms with Crippen molar-refractivity contribution in [1.82, 2.24) is 24.8 Å². The quantitative estimate of drug-likeness (QED) is 0.0640. The fourth-order valence-electron chi connectivity index (χ4n) is 8.26. The fraction of sp³-hybridized carbons (Fsp3) is 0.229. The topological polar surface area (TPSA) is 214 Å². The van der Waals surface area contributed by atoms with Crippen molar-refractivity contribution >= 4 is 69.6 Å². The van der Waals surface area contributed by atoms with Crippen LogP contribution in [-0.4, -0.2) is 80.5 Å². The molecule has 7 aromatic rings. The highest BCUT2D eigenvalue weighted by atomic mass is 32.2. The van der Waals surface area contributed by atoms with Crippen molar-refractivity contribution in [2.24, 2.45) is 0 Å². The number of nitrogens with one attached hydrogen (secondary N) is 3. The van der Waals surface area contributed by atoms with E-state index in [9.17, 15) is 41.9 Å². The number of carbonyl (C=O) groups is 1. The van der Waals surface area contributed by atoms with Crippen LogP contribution in [0.3, 0.4) is 0 Å². The first kappa shape index (κ1) is 45.7. The van der Waals surface area contributed by atoms with Gasteiger partial charge in [0.25, 0.3) is 11.4 Å². The lowest BCUT2D eigenvalue weighted by atomic mass is 9.92. The Morgan fingerprint density at radius 1 is 0.576 bits per heavy atom. The molecule has 0 spiro atoms. The number of benzene rings is 7. The van der Waals surface area contributed by atoms with Crippen LogP contribution in [0, 0.1) is 32.1 Å². The lowest BCUT2D eigenvalue weighted by molar-refractivity contribution is -0.385. The number of hydrogen-bond acceptors (Lipinski definition) is 11. The molecule has 1 fully saturated rings. The van der Waals surface area contributed by atoms with Crippen molar-refractivity contribution in [3.05, 3.63) is 164 Å². The summed E-state index contributed by atoms with van der Waals surface area (Å²) in [5.74, 6) is 6.28. The van der Waals surface area contributed by atoms with Crippen molar-refractivity contribution in [2.75, 3.05) is 39.3 Å². The molecule has 0 radical (unpaired) electrons. The molecule has 1 amide bonds. The summed E-state index contributed by atoms with van der Waals surface area (Å²) in [6.07, 6.45) is 0.789. The second-order valence-electron chi connectivity index (χ2n) is 15.9. The lowest BCUT2D eigenvalue weighted by Crippen LogP contribution is -2.44. The Hall–Kier alpha value is -6.85. The number of nitro groups is 2. The molecule has 0 aromatic heterocycles. The summed E-state index contributed by atoms with van der Waals surface area (Å²) in [6.45, 7) is 0.274. The molecule has 1 atom stereocenters. The second-order valence-corrected chi connectivity index (χ2v) is 19.8. The number of amides is 1. The Kier molecular flexibility index (Phi) is 13.7. The Bertz CT molecular complexity index is 3200. The zero-order chi connectivity index (χ0) is 46.4. The van der Waals surface area contributed by atoms with Crippen LogP contribution in [0.15, 0.2) is 137 Å². The summed E-state index contributed by atoms with van der Waals surface area (Å²) in [4.78, 5) is 34.4. The minimum Gasteiger partial charge on any atom is -0.309 e. The van der Waals surface area contributed by atoms with Gasteiger partial charge in [0.05, 0.1) is 19.6 Å². The van der Waals surface area contributed by atoms with Crippen LogP contribution >= 0.6 is 0 Å². The van der Waals surface area contributed by atoms with Gasteiger partial charge in [-0.1, -0.05) is 72.5 Å². The number of sulfonamides is 2. The van der Waals surface area contributed by atoms with E-state index in [0.29, 0.717) is 13.0 Å². The van der Waals surface area contributed by atoms with E-state index in [-0.39, 0.29) is 79.1 Å². The van der Waals surface area contributed by atoms with Gasteiger partial charge < -0.3 is 5.32 Å². The third-order valence-corrected chi connectivity index (χ3v) is 15.5. The van der Waals surface area contributed by atoms with Gasteiger partial charge in [0, 0.05) is 80.6 Å². The maximum absolute atomic E-state index is 14.0. The number of hydrazine groups is 1. The van der Waals surface area contributed by atoms with E-state index in [1.165, 1.54) is 42.3 Å². The number of hydrogen-bond donors (Lipinski definition) is 3. The summed E-state index contributed by atoms with van der Waals surface area (Å²) in [5.41, 5.74) is 7.42. The largest absolute Gasteiger partial charge is 0.309 e. The molecular formula is C48H45N7O9S2. The van der Waals surface area contributed by atoms with E-state index >= 15 is 0 Å². The summed E-state index contributed by atoms with van der Waals surface area (Å²) in [5, 5.41) is 32.9. The number of nitrogens with zero attached hydrogens (tertiary/aromatic N) is 4. The van der Waals surface area contributed by atoms with Crippen LogP contribution in [0.2, 0.25) is 0 Å². The van der Waals surface area contributed by atoms with Crippen molar-refractivity contribution in [3.8, 4) is 11.8 Å². The average Bonchev–Trinajstić information content (AvgIpc) is 3.32. The van der Waals surface area contributed by atoms with Gasteiger partial charge in [-0.3, -0.25) is 30.4 Å². The second kappa shape index (κ2) is 19.7. The highest BCUT2D eigenvalue weighted by Gasteiger charge is 2.28. The number of carbonyl (C=O) groups excluding carboxylic acids is 1. The van der Waals surface area contributed by atoms with Gasteiger partial charge in [0.1, 0.15) is 0 Å².